The first-order valence-electron chi connectivity index (χ1n) is 6.20. The highest BCUT2D eigenvalue weighted by Gasteiger charge is 2.20. The number of methoxy groups -OCH3 is 1. The fourth-order valence-corrected chi connectivity index (χ4v) is 1.40. The van der Waals surface area contributed by atoms with E-state index in [1.54, 1.807) is 7.05 Å². The molecule has 0 saturated heterocycles. The van der Waals surface area contributed by atoms with E-state index in [2.05, 4.69) is 20.1 Å². The van der Waals surface area contributed by atoms with Crippen LogP contribution in [0, 0.1) is 0 Å². The van der Waals surface area contributed by atoms with Gasteiger partial charge < -0.3 is 19.9 Å². The number of likely N-dealkylation sites (N-methyl/N-ethyl adjacent to an activating group) is 2. The van der Waals surface area contributed by atoms with Crippen molar-refractivity contribution in [3.8, 4) is 0 Å². The first-order valence-corrected chi connectivity index (χ1v) is 6.20. The van der Waals surface area contributed by atoms with Crippen molar-refractivity contribution in [3.63, 3.8) is 0 Å². The number of nitrogens with zero attached hydrogens (tertiary/aromatic N) is 5. The number of rotatable bonds is 9. The number of azide groups is 1. The Bertz CT molecular complexity index is 421. The largest absolute Gasteiger partial charge is 0.468 e. The third kappa shape index (κ3) is 7.75. The first-order chi connectivity index (χ1) is 9.96. The van der Waals surface area contributed by atoms with Crippen LogP contribution >= 0.6 is 0 Å². The maximum Gasteiger partial charge on any atom is 0.325 e. The second-order valence-electron chi connectivity index (χ2n) is 4.13. The van der Waals surface area contributed by atoms with Gasteiger partial charge in [0.25, 0.3) is 0 Å². The second kappa shape index (κ2) is 10.5. The van der Waals surface area contributed by atoms with Crippen molar-refractivity contribution in [2.45, 2.75) is 0 Å². The average Bonchev–Trinajstić information content (AvgIpc) is 2.46. The lowest BCUT2D eigenvalue weighted by Gasteiger charge is -2.24. The molecule has 0 saturated carbocycles. The molecular formula is C11H20N6O4. The van der Waals surface area contributed by atoms with Gasteiger partial charge in [0.15, 0.2) is 0 Å². The SMILES string of the molecule is CNCC(=O)N(CCN=[N+]=[N-])CC(=O)N(C)CC(=O)OC. The van der Waals surface area contributed by atoms with E-state index >= 15 is 0 Å². The van der Waals surface area contributed by atoms with Gasteiger partial charge in [-0.15, -0.1) is 0 Å². The van der Waals surface area contributed by atoms with Crippen molar-refractivity contribution >= 4 is 17.8 Å². The number of esters is 1. The van der Waals surface area contributed by atoms with Crippen LogP contribution in [-0.4, -0.2) is 81.5 Å². The molecule has 0 aliphatic carbocycles. The standard InChI is InChI=1S/C11H20N6O4/c1-13-6-9(18)17(5-4-14-15-12)7-10(19)16(2)8-11(20)21-3/h13H,4-8H2,1-3H3. The Hall–Kier alpha value is -2.32. The molecule has 0 spiro atoms. The molecule has 1 N–H and O–H groups in total. The summed E-state index contributed by atoms with van der Waals surface area (Å²) in [7, 11) is 4.27. The summed E-state index contributed by atoms with van der Waals surface area (Å²) in [5.74, 6) is -1.26. The van der Waals surface area contributed by atoms with Gasteiger partial charge in [0.05, 0.1) is 20.2 Å². The van der Waals surface area contributed by atoms with E-state index in [1.165, 1.54) is 24.0 Å². The summed E-state index contributed by atoms with van der Waals surface area (Å²) in [4.78, 5) is 39.9. The monoisotopic (exact) mass is 300 g/mol. The maximum absolute atomic E-state index is 11.9. The number of hydrogen-bond donors (Lipinski definition) is 1. The summed E-state index contributed by atoms with van der Waals surface area (Å²) in [6.07, 6.45) is 0. The highest BCUT2D eigenvalue weighted by Crippen LogP contribution is 1.95. The Kier molecular flexibility index (Phi) is 9.31. The summed E-state index contributed by atoms with van der Waals surface area (Å²) in [5, 5.41) is 6.02. The Morgan fingerprint density at radius 3 is 2.48 bits per heavy atom. The van der Waals surface area contributed by atoms with Gasteiger partial charge in [-0.3, -0.25) is 14.4 Å². The minimum absolute atomic E-state index is 0.0598. The summed E-state index contributed by atoms with van der Waals surface area (Å²) in [6.45, 7) is -0.138. The molecule has 0 aromatic carbocycles. The minimum atomic E-state index is -0.548. The van der Waals surface area contributed by atoms with Gasteiger partial charge in [-0.05, 0) is 12.6 Å². The van der Waals surface area contributed by atoms with Gasteiger partial charge in [-0.1, -0.05) is 5.11 Å². The van der Waals surface area contributed by atoms with E-state index in [0.717, 1.165) is 0 Å². The van der Waals surface area contributed by atoms with Crippen molar-refractivity contribution in [2.75, 3.05) is 53.9 Å². The van der Waals surface area contributed by atoms with Crippen LogP contribution in [0.5, 0.6) is 0 Å². The highest BCUT2D eigenvalue weighted by atomic mass is 16.5. The predicted molar refractivity (Wildman–Crippen MR) is 74.2 cm³/mol. The lowest BCUT2D eigenvalue weighted by molar-refractivity contribution is -0.147. The van der Waals surface area contributed by atoms with E-state index in [0.29, 0.717) is 0 Å². The molecule has 0 aromatic rings. The van der Waals surface area contributed by atoms with Crippen LogP contribution in [0.4, 0.5) is 0 Å². The maximum atomic E-state index is 11.9. The zero-order chi connectivity index (χ0) is 16.3. The van der Waals surface area contributed by atoms with Gasteiger partial charge in [0.2, 0.25) is 11.8 Å². The summed E-state index contributed by atoms with van der Waals surface area (Å²) >= 11 is 0. The average molecular weight is 300 g/mol. The van der Waals surface area contributed by atoms with Crippen molar-refractivity contribution in [1.82, 2.24) is 15.1 Å². The van der Waals surface area contributed by atoms with E-state index in [-0.39, 0.29) is 38.6 Å². The number of hydrogen-bond acceptors (Lipinski definition) is 6. The Morgan fingerprint density at radius 2 is 1.95 bits per heavy atom. The minimum Gasteiger partial charge on any atom is -0.468 e. The number of carbonyl (C=O) groups is 3. The molecule has 0 atom stereocenters. The van der Waals surface area contributed by atoms with Gasteiger partial charge in [-0.2, -0.15) is 0 Å². The molecule has 0 bridgehead atoms. The number of ether oxygens (including phenoxy) is 1. The van der Waals surface area contributed by atoms with Crippen LogP contribution < -0.4 is 5.32 Å². The summed E-state index contributed by atoms with van der Waals surface area (Å²) < 4.78 is 4.46. The third-order valence-electron chi connectivity index (χ3n) is 2.56. The first kappa shape index (κ1) is 18.7. The van der Waals surface area contributed by atoms with Crippen molar-refractivity contribution in [1.29, 1.82) is 0 Å². The van der Waals surface area contributed by atoms with Gasteiger partial charge in [0, 0.05) is 25.0 Å². The lowest BCUT2D eigenvalue weighted by atomic mass is 10.4. The lowest BCUT2D eigenvalue weighted by Crippen LogP contribution is -2.46. The van der Waals surface area contributed by atoms with Crippen LogP contribution in [0.3, 0.4) is 0 Å². The van der Waals surface area contributed by atoms with Gasteiger partial charge >= 0.3 is 5.97 Å². The summed E-state index contributed by atoms with van der Waals surface area (Å²) in [6, 6.07) is 0. The van der Waals surface area contributed by atoms with Crippen molar-refractivity contribution in [3.05, 3.63) is 10.4 Å². The smallest absolute Gasteiger partial charge is 0.325 e. The molecule has 0 aliphatic heterocycles. The number of amides is 2. The number of nitrogens with one attached hydrogen (secondary N) is 1. The van der Waals surface area contributed by atoms with Gasteiger partial charge in [-0.25, -0.2) is 0 Å². The van der Waals surface area contributed by atoms with E-state index in [1.807, 2.05) is 0 Å². The Balaban J connectivity index is 4.62. The molecule has 21 heavy (non-hydrogen) atoms. The molecule has 0 unspecified atom stereocenters. The van der Waals surface area contributed by atoms with Crippen LogP contribution in [-0.2, 0) is 19.1 Å². The van der Waals surface area contributed by atoms with Crippen LogP contribution in [0.1, 0.15) is 0 Å². The van der Waals surface area contributed by atoms with Gasteiger partial charge in [0.1, 0.15) is 6.54 Å². The molecule has 2 amide bonds. The van der Waals surface area contributed by atoms with E-state index in [9.17, 15) is 14.4 Å². The molecule has 0 radical (unpaired) electrons. The van der Waals surface area contributed by atoms with Crippen molar-refractivity contribution in [2.24, 2.45) is 5.11 Å². The van der Waals surface area contributed by atoms with Crippen LogP contribution in [0.15, 0.2) is 5.11 Å². The molecule has 0 aromatic heterocycles. The molecule has 0 heterocycles. The fourth-order valence-electron chi connectivity index (χ4n) is 1.40. The van der Waals surface area contributed by atoms with E-state index < -0.39 is 11.9 Å². The predicted octanol–water partition coefficient (Wildman–Crippen LogP) is -1.02. The Morgan fingerprint density at radius 1 is 1.29 bits per heavy atom. The summed E-state index contributed by atoms with van der Waals surface area (Å²) in [5.41, 5.74) is 8.23. The quantitative estimate of drug-likeness (QED) is 0.252. The molecule has 118 valence electrons. The number of carbonyl (C=O) groups excluding carboxylic acids is 3. The second-order valence-corrected chi connectivity index (χ2v) is 4.13. The normalized spacial score (nSPS) is 9.48. The fraction of sp³-hybridized carbons (Fsp3) is 0.727. The molecule has 0 fully saturated rings. The molecule has 10 heteroatoms. The zero-order valence-corrected chi connectivity index (χ0v) is 12.4. The molecular weight excluding hydrogens is 280 g/mol. The van der Waals surface area contributed by atoms with Crippen LogP contribution in [0.25, 0.3) is 10.4 Å². The van der Waals surface area contributed by atoms with Crippen molar-refractivity contribution < 1.29 is 19.1 Å². The highest BCUT2D eigenvalue weighted by molar-refractivity contribution is 5.87. The topological polar surface area (TPSA) is 128 Å². The zero-order valence-electron chi connectivity index (χ0n) is 12.4. The Labute approximate surface area is 122 Å². The molecule has 10 nitrogen and oxygen atoms in total. The molecule has 0 aliphatic rings. The van der Waals surface area contributed by atoms with Crippen LogP contribution in [0.2, 0.25) is 0 Å². The van der Waals surface area contributed by atoms with E-state index in [4.69, 9.17) is 5.53 Å². The molecule has 0 rings (SSSR count). The third-order valence-corrected chi connectivity index (χ3v) is 2.56.